The van der Waals surface area contributed by atoms with Crippen molar-refractivity contribution in [2.24, 2.45) is 0 Å². The number of nitrogens with zero attached hydrogens (tertiary/aromatic N) is 2. The molecule has 0 saturated carbocycles. The van der Waals surface area contributed by atoms with Gasteiger partial charge in [0, 0.05) is 24.7 Å². The summed E-state index contributed by atoms with van der Waals surface area (Å²) in [5, 5.41) is 7.16. The van der Waals surface area contributed by atoms with E-state index >= 15 is 0 Å². The number of rotatable bonds is 7. The standard InChI is InChI=1S/C11H22N4O2S/c1-9(2)12-7-8-18(16,17)14-11-5-6-13-15(11)10(3)4/h5-6,9-10,12,14H,7-8H2,1-4H3. The molecule has 0 radical (unpaired) electrons. The zero-order valence-electron chi connectivity index (χ0n) is 11.3. The molecule has 0 fully saturated rings. The largest absolute Gasteiger partial charge is 0.313 e. The average molecular weight is 274 g/mol. The SMILES string of the molecule is CC(C)NCCS(=O)(=O)Nc1ccnn1C(C)C. The van der Waals surface area contributed by atoms with E-state index in [0.717, 1.165) is 0 Å². The summed E-state index contributed by atoms with van der Waals surface area (Å²) in [6, 6.07) is 2.06. The van der Waals surface area contributed by atoms with Gasteiger partial charge < -0.3 is 5.32 Å². The first-order chi connectivity index (χ1) is 8.32. The van der Waals surface area contributed by atoms with Crippen LogP contribution in [0.15, 0.2) is 12.3 Å². The molecule has 0 bridgehead atoms. The minimum atomic E-state index is -3.33. The van der Waals surface area contributed by atoms with E-state index in [4.69, 9.17) is 0 Å². The lowest BCUT2D eigenvalue weighted by molar-refractivity contribution is 0.538. The third-order valence-corrected chi connectivity index (χ3v) is 3.60. The molecule has 7 heteroatoms. The van der Waals surface area contributed by atoms with Crippen molar-refractivity contribution in [3.05, 3.63) is 12.3 Å². The number of anilines is 1. The fourth-order valence-corrected chi connectivity index (χ4v) is 2.47. The lowest BCUT2D eigenvalue weighted by atomic mass is 10.4. The molecule has 0 saturated heterocycles. The van der Waals surface area contributed by atoms with Crippen molar-refractivity contribution in [3.8, 4) is 0 Å². The van der Waals surface area contributed by atoms with Crippen LogP contribution < -0.4 is 10.0 Å². The van der Waals surface area contributed by atoms with Gasteiger partial charge in [-0.25, -0.2) is 13.1 Å². The van der Waals surface area contributed by atoms with Crippen molar-refractivity contribution in [2.45, 2.75) is 39.8 Å². The fraction of sp³-hybridized carbons (Fsp3) is 0.727. The first-order valence-electron chi connectivity index (χ1n) is 6.09. The third-order valence-electron chi connectivity index (χ3n) is 2.34. The molecule has 0 unspecified atom stereocenters. The summed E-state index contributed by atoms with van der Waals surface area (Å²) in [5.41, 5.74) is 0. The summed E-state index contributed by atoms with van der Waals surface area (Å²) < 4.78 is 27.9. The van der Waals surface area contributed by atoms with E-state index < -0.39 is 10.0 Å². The summed E-state index contributed by atoms with van der Waals surface area (Å²) in [5.74, 6) is 0.559. The Morgan fingerprint density at radius 3 is 2.56 bits per heavy atom. The molecule has 0 spiro atoms. The lowest BCUT2D eigenvalue weighted by Crippen LogP contribution is -2.31. The zero-order valence-corrected chi connectivity index (χ0v) is 12.2. The molecule has 0 atom stereocenters. The number of sulfonamides is 1. The van der Waals surface area contributed by atoms with Crippen LogP contribution in [0.5, 0.6) is 0 Å². The van der Waals surface area contributed by atoms with Crippen molar-refractivity contribution in [1.82, 2.24) is 15.1 Å². The molecule has 1 heterocycles. The van der Waals surface area contributed by atoms with Crippen molar-refractivity contribution in [2.75, 3.05) is 17.0 Å². The van der Waals surface area contributed by atoms with E-state index in [1.807, 2.05) is 27.7 Å². The second kappa shape index (κ2) is 6.19. The Hall–Kier alpha value is -1.08. The van der Waals surface area contributed by atoms with Crippen LogP contribution in [0.4, 0.5) is 5.82 Å². The molecule has 1 aromatic heterocycles. The van der Waals surface area contributed by atoms with Crippen molar-refractivity contribution in [1.29, 1.82) is 0 Å². The molecule has 104 valence electrons. The highest BCUT2D eigenvalue weighted by molar-refractivity contribution is 7.92. The molecule has 2 N–H and O–H groups in total. The van der Waals surface area contributed by atoms with Gasteiger partial charge in [-0.2, -0.15) is 5.10 Å². The van der Waals surface area contributed by atoms with E-state index in [1.165, 1.54) is 0 Å². The minimum Gasteiger partial charge on any atom is -0.313 e. The Labute approximate surface area is 109 Å². The van der Waals surface area contributed by atoms with Gasteiger partial charge in [-0.1, -0.05) is 13.8 Å². The van der Waals surface area contributed by atoms with Crippen LogP contribution >= 0.6 is 0 Å². The van der Waals surface area contributed by atoms with Gasteiger partial charge in [-0.15, -0.1) is 0 Å². The summed E-state index contributed by atoms with van der Waals surface area (Å²) in [7, 11) is -3.33. The highest BCUT2D eigenvalue weighted by atomic mass is 32.2. The molecule has 1 rings (SSSR count). The summed E-state index contributed by atoms with van der Waals surface area (Å²) >= 11 is 0. The number of aromatic nitrogens is 2. The van der Waals surface area contributed by atoms with Gasteiger partial charge in [-0.05, 0) is 13.8 Å². The summed E-state index contributed by atoms with van der Waals surface area (Å²) in [6.45, 7) is 8.29. The Morgan fingerprint density at radius 2 is 2.00 bits per heavy atom. The van der Waals surface area contributed by atoms with Gasteiger partial charge in [0.25, 0.3) is 0 Å². The van der Waals surface area contributed by atoms with Gasteiger partial charge in [-0.3, -0.25) is 4.72 Å². The monoisotopic (exact) mass is 274 g/mol. The predicted octanol–water partition coefficient (Wildman–Crippen LogP) is 1.20. The van der Waals surface area contributed by atoms with Gasteiger partial charge in [0.15, 0.2) is 0 Å². The van der Waals surface area contributed by atoms with Gasteiger partial charge in [0.1, 0.15) is 5.82 Å². The smallest absolute Gasteiger partial charge is 0.235 e. The topological polar surface area (TPSA) is 76.0 Å². The van der Waals surface area contributed by atoms with Crippen LogP contribution in [0, 0.1) is 0 Å². The third kappa shape index (κ3) is 4.66. The maximum atomic E-state index is 11.9. The molecule has 0 aliphatic heterocycles. The molecule has 6 nitrogen and oxygen atoms in total. The van der Waals surface area contributed by atoms with Crippen LogP contribution in [0.2, 0.25) is 0 Å². The molecular formula is C11H22N4O2S. The lowest BCUT2D eigenvalue weighted by Gasteiger charge is -2.13. The number of nitrogens with one attached hydrogen (secondary N) is 2. The highest BCUT2D eigenvalue weighted by Crippen LogP contribution is 2.14. The van der Waals surface area contributed by atoms with E-state index in [1.54, 1.807) is 16.9 Å². The van der Waals surface area contributed by atoms with Crippen LogP contribution in [0.3, 0.4) is 0 Å². The zero-order chi connectivity index (χ0) is 13.8. The second-order valence-corrected chi connectivity index (χ2v) is 6.63. The molecular weight excluding hydrogens is 252 g/mol. The number of hydrogen-bond acceptors (Lipinski definition) is 4. The second-order valence-electron chi connectivity index (χ2n) is 4.78. The molecule has 0 aliphatic rings. The predicted molar refractivity (Wildman–Crippen MR) is 73.2 cm³/mol. The Kier molecular flexibility index (Phi) is 5.15. The fourth-order valence-electron chi connectivity index (χ4n) is 1.50. The van der Waals surface area contributed by atoms with Crippen LogP contribution in [-0.4, -0.2) is 36.5 Å². The molecule has 0 amide bonds. The first-order valence-corrected chi connectivity index (χ1v) is 7.74. The Balaban J connectivity index is 2.62. The van der Waals surface area contributed by atoms with E-state index in [9.17, 15) is 8.42 Å². The van der Waals surface area contributed by atoms with E-state index in [0.29, 0.717) is 12.4 Å². The Morgan fingerprint density at radius 1 is 1.33 bits per heavy atom. The quantitative estimate of drug-likeness (QED) is 0.783. The maximum absolute atomic E-state index is 11.9. The molecule has 18 heavy (non-hydrogen) atoms. The summed E-state index contributed by atoms with van der Waals surface area (Å²) in [4.78, 5) is 0. The Bertz CT molecular complexity index is 465. The van der Waals surface area contributed by atoms with Crippen LogP contribution in [0.1, 0.15) is 33.7 Å². The number of hydrogen-bond donors (Lipinski definition) is 2. The average Bonchev–Trinajstić information content (AvgIpc) is 2.63. The van der Waals surface area contributed by atoms with Gasteiger partial charge >= 0.3 is 0 Å². The van der Waals surface area contributed by atoms with Gasteiger partial charge in [0.2, 0.25) is 10.0 Å². The summed E-state index contributed by atoms with van der Waals surface area (Å²) in [6.07, 6.45) is 1.59. The van der Waals surface area contributed by atoms with Crippen molar-refractivity contribution < 1.29 is 8.42 Å². The van der Waals surface area contributed by atoms with E-state index in [2.05, 4.69) is 15.1 Å². The molecule has 0 aromatic carbocycles. The van der Waals surface area contributed by atoms with Crippen LogP contribution in [-0.2, 0) is 10.0 Å². The molecule has 0 aliphatic carbocycles. The normalized spacial score (nSPS) is 12.3. The van der Waals surface area contributed by atoms with Gasteiger partial charge in [0.05, 0.1) is 11.9 Å². The molecule has 1 aromatic rings. The van der Waals surface area contributed by atoms with E-state index in [-0.39, 0.29) is 17.8 Å². The van der Waals surface area contributed by atoms with Crippen molar-refractivity contribution >= 4 is 15.8 Å². The highest BCUT2D eigenvalue weighted by Gasteiger charge is 2.14. The minimum absolute atomic E-state index is 0.0501. The first kappa shape index (κ1) is 15.0. The van der Waals surface area contributed by atoms with Crippen LogP contribution in [0.25, 0.3) is 0 Å². The maximum Gasteiger partial charge on any atom is 0.235 e. The van der Waals surface area contributed by atoms with Crippen molar-refractivity contribution in [3.63, 3.8) is 0 Å².